The molecule has 0 unspecified atom stereocenters. The molecule has 0 amide bonds. The summed E-state index contributed by atoms with van der Waals surface area (Å²) in [6.07, 6.45) is 0. The second-order valence-corrected chi connectivity index (χ2v) is 9.56. The van der Waals surface area contributed by atoms with E-state index in [1.807, 2.05) is 36.2 Å². The van der Waals surface area contributed by atoms with Crippen LogP contribution in [0.5, 0.6) is 11.5 Å². The molecule has 0 aliphatic carbocycles. The maximum atomic E-state index is 12.4. The fourth-order valence-electron chi connectivity index (χ4n) is 2.71. The molecular formula is C18H30N4O4S2. The molecule has 0 saturated carbocycles. The third-order valence-electron chi connectivity index (χ3n) is 4.33. The number of hydrogen-bond donors (Lipinski definition) is 1. The zero-order chi connectivity index (χ0) is 20.4. The lowest BCUT2D eigenvalue weighted by Crippen LogP contribution is -2.45. The van der Waals surface area contributed by atoms with Crippen molar-refractivity contribution in [3.8, 4) is 11.5 Å². The number of guanidine groups is 1. The highest BCUT2D eigenvalue weighted by atomic mass is 32.2. The Balaban J connectivity index is 1.72. The van der Waals surface area contributed by atoms with E-state index in [2.05, 4.69) is 10.3 Å². The van der Waals surface area contributed by atoms with Crippen molar-refractivity contribution in [3.63, 3.8) is 0 Å². The van der Waals surface area contributed by atoms with E-state index in [1.165, 1.54) is 0 Å². The normalized spacial score (nSPS) is 15.9. The number of hydrogen-bond acceptors (Lipinski definition) is 6. The molecule has 1 fully saturated rings. The molecule has 2 rings (SSSR count). The number of aliphatic imine (C=N–C) groups is 1. The molecule has 0 aromatic heterocycles. The van der Waals surface area contributed by atoms with Gasteiger partial charge in [0.2, 0.25) is 10.0 Å². The summed E-state index contributed by atoms with van der Waals surface area (Å²) < 4.78 is 37.2. The molecule has 0 atom stereocenters. The molecular weight excluding hydrogens is 400 g/mol. The van der Waals surface area contributed by atoms with E-state index in [4.69, 9.17) is 9.47 Å². The van der Waals surface area contributed by atoms with Crippen molar-refractivity contribution in [2.45, 2.75) is 0 Å². The molecule has 0 bridgehead atoms. The Hall–Kier alpha value is -1.65. The minimum atomic E-state index is -3.22. The van der Waals surface area contributed by atoms with Crippen molar-refractivity contribution in [1.82, 2.24) is 14.5 Å². The molecule has 1 aliphatic rings. The number of benzene rings is 1. The Morgan fingerprint density at radius 3 is 2.50 bits per heavy atom. The number of thioether (sulfide) groups is 1. The maximum Gasteiger partial charge on any atom is 0.215 e. The van der Waals surface area contributed by atoms with E-state index in [-0.39, 0.29) is 5.75 Å². The zero-order valence-electron chi connectivity index (χ0n) is 16.8. The minimum Gasteiger partial charge on any atom is -0.497 e. The summed E-state index contributed by atoms with van der Waals surface area (Å²) in [6.45, 7) is 2.62. The fraction of sp³-hybridized carbons (Fsp3) is 0.611. The molecule has 28 heavy (non-hydrogen) atoms. The highest BCUT2D eigenvalue weighted by molar-refractivity contribution is 7.99. The number of methoxy groups -OCH3 is 1. The van der Waals surface area contributed by atoms with Crippen LogP contribution < -0.4 is 14.8 Å². The summed E-state index contributed by atoms with van der Waals surface area (Å²) in [4.78, 5) is 6.13. The molecule has 1 aliphatic heterocycles. The van der Waals surface area contributed by atoms with Crippen molar-refractivity contribution in [1.29, 1.82) is 0 Å². The van der Waals surface area contributed by atoms with Gasteiger partial charge in [0.05, 0.1) is 19.4 Å². The first-order valence-electron chi connectivity index (χ1n) is 9.20. The topological polar surface area (TPSA) is 83.5 Å². The summed E-state index contributed by atoms with van der Waals surface area (Å²) in [5, 5.41) is 3.12. The number of likely N-dealkylation sites (N-methyl/N-ethyl adjacent to an activating group) is 1. The average molecular weight is 431 g/mol. The van der Waals surface area contributed by atoms with Crippen LogP contribution >= 0.6 is 11.8 Å². The van der Waals surface area contributed by atoms with Gasteiger partial charge in [0.15, 0.2) is 5.96 Å². The van der Waals surface area contributed by atoms with Crippen LogP contribution in [-0.4, -0.2) is 94.8 Å². The number of ether oxygens (including phenoxy) is 2. The Labute approximate surface area is 172 Å². The summed E-state index contributed by atoms with van der Waals surface area (Å²) in [5.74, 6) is 3.99. The highest BCUT2D eigenvalue weighted by Crippen LogP contribution is 2.17. The summed E-state index contributed by atoms with van der Waals surface area (Å²) >= 11 is 1.79. The Morgan fingerprint density at radius 2 is 1.89 bits per heavy atom. The molecule has 0 radical (unpaired) electrons. The lowest BCUT2D eigenvalue weighted by molar-refractivity contribution is 0.281. The van der Waals surface area contributed by atoms with E-state index < -0.39 is 10.0 Å². The van der Waals surface area contributed by atoms with Crippen molar-refractivity contribution >= 4 is 27.7 Å². The van der Waals surface area contributed by atoms with Crippen LogP contribution in [0.2, 0.25) is 0 Å². The van der Waals surface area contributed by atoms with Crippen molar-refractivity contribution in [3.05, 3.63) is 24.3 Å². The predicted octanol–water partition coefficient (Wildman–Crippen LogP) is 0.960. The average Bonchev–Trinajstić information content (AvgIpc) is 2.72. The summed E-state index contributed by atoms with van der Waals surface area (Å²) in [6, 6.07) is 7.41. The smallest absolute Gasteiger partial charge is 0.215 e. The number of nitrogens with one attached hydrogen (secondary N) is 1. The third-order valence-corrected chi connectivity index (χ3v) is 7.15. The second kappa shape index (κ2) is 11.4. The standard InChI is InChI=1S/C18H30N4O4S2/c1-19-18(20-8-15-28(23,24)22-10-13-27-14-11-22)21(2)9-12-26-17-6-4-16(25-3)5-7-17/h4-7H,8-15H2,1-3H3,(H,19,20). The first-order valence-corrected chi connectivity index (χ1v) is 12.0. The lowest BCUT2D eigenvalue weighted by atomic mass is 10.3. The number of rotatable bonds is 9. The largest absolute Gasteiger partial charge is 0.497 e. The molecule has 1 N–H and O–H groups in total. The van der Waals surface area contributed by atoms with Gasteiger partial charge in [0.25, 0.3) is 0 Å². The van der Waals surface area contributed by atoms with Crippen LogP contribution in [0.25, 0.3) is 0 Å². The first kappa shape index (κ1) is 22.6. The summed E-state index contributed by atoms with van der Waals surface area (Å²) in [7, 11) is 1.97. The van der Waals surface area contributed by atoms with Gasteiger partial charge in [-0.25, -0.2) is 12.7 Å². The van der Waals surface area contributed by atoms with Crippen molar-refractivity contribution < 1.29 is 17.9 Å². The molecule has 1 aromatic rings. The van der Waals surface area contributed by atoms with Gasteiger partial charge < -0.3 is 19.7 Å². The van der Waals surface area contributed by atoms with Crippen LogP contribution in [-0.2, 0) is 10.0 Å². The first-order chi connectivity index (χ1) is 13.5. The molecule has 1 aromatic carbocycles. The summed E-state index contributed by atoms with van der Waals surface area (Å²) in [5.41, 5.74) is 0. The van der Waals surface area contributed by atoms with Gasteiger partial charge >= 0.3 is 0 Å². The van der Waals surface area contributed by atoms with Gasteiger partial charge in [-0.05, 0) is 24.3 Å². The van der Waals surface area contributed by atoms with E-state index in [0.29, 0.717) is 38.7 Å². The molecule has 0 spiro atoms. The van der Waals surface area contributed by atoms with E-state index >= 15 is 0 Å². The van der Waals surface area contributed by atoms with Crippen molar-refractivity contribution in [2.24, 2.45) is 4.99 Å². The third kappa shape index (κ3) is 7.06. The SMILES string of the molecule is CN=C(NCCS(=O)(=O)N1CCSCC1)N(C)CCOc1ccc(OC)cc1. The molecule has 1 heterocycles. The monoisotopic (exact) mass is 430 g/mol. The highest BCUT2D eigenvalue weighted by Gasteiger charge is 2.23. The predicted molar refractivity (Wildman–Crippen MR) is 115 cm³/mol. The van der Waals surface area contributed by atoms with E-state index in [0.717, 1.165) is 23.0 Å². The van der Waals surface area contributed by atoms with Crippen molar-refractivity contribution in [2.75, 3.05) is 71.2 Å². The van der Waals surface area contributed by atoms with Gasteiger partial charge in [-0.1, -0.05) is 0 Å². The van der Waals surface area contributed by atoms with Gasteiger partial charge in [-0.15, -0.1) is 0 Å². The lowest BCUT2D eigenvalue weighted by Gasteiger charge is -2.26. The quantitative estimate of drug-likeness (QED) is 0.461. The second-order valence-electron chi connectivity index (χ2n) is 6.25. The van der Waals surface area contributed by atoms with Crippen LogP contribution in [0, 0.1) is 0 Å². The Kier molecular flexibility index (Phi) is 9.20. The van der Waals surface area contributed by atoms with E-state index in [1.54, 1.807) is 30.2 Å². The number of sulfonamides is 1. The zero-order valence-corrected chi connectivity index (χ0v) is 18.4. The van der Waals surface area contributed by atoms with Gasteiger partial charge in [-0.3, -0.25) is 4.99 Å². The number of nitrogens with zero attached hydrogens (tertiary/aromatic N) is 3. The maximum absolute atomic E-state index is 12.4. The Morgan fingerprint density at radius 1 is 1.25 bits per heavy atom. The molecule has 1 saturated heterocycles. The minimum absolute atomic E-state index is 0.0624. The van der Waals surface area contributed by atoms with Crippen LogP contribution in [0.15, 0.2) is 29.3 Å². The molecule has 10 heteroatoms. The molecule has 158 valence electrons. The van der Waals surface area contributed by atoms with E-state index in [9.17, 15) is 8.42 Å². The van der Waals surface area contributed by atoms with Crippen LogP contribution in [0.1, 0.15) is 0 Å². The van der Waals surface area contributed by atoms with Crippen LogP contribution in [0.4, 0.5) is 0 Å². The van der Waals surface area contributed by atoms with Crippen LogP contribution in [0.3, 0.4) is 0 Å². The van der Waals surface area contributed by atoms with Gasteiger partial charge in [-0.2, -0.15) is 11.8 Å². The van der Waals surface area contributed by atoms with Gasteiger partial charge in [0.1, 0.15) is 18.1 Å². The Bertz CT molecular complexity index is 720. The molecule has 8 nitrogen and oxygen atoms in total. The fourth-order valence-corrected chi connectivity index (χ4v) is 5.20. The van der Waals surface area contributed by atoms with Gasteiger partial charge in [0, 0.05) is 45.2 Å².